The number of nitrogens with zero attached hydrogens (tertiary/aromatic N) is 5. The van der Waals surface area contributed by atoms with Gasteiger partial charge in [-0.05, 0) is 12.5 Å². The van der Waals surface area contributed by atoms with Crippen LogP contribution < -0.4 is 4.90 Å². The van der Waals surface area contributed by atoms with Crippen molar-refractivity contribution < 1.29 is 13.6 Å². The van der Waals surface area contributed by atoms with Crippen LogP contribution >= 0.6 is 11.3 Å². The van der Waals surface area contributed by atoms with Crippen LogP contribution in [0.4, 0.5) is 13.9 Å². The van der Waals surface area contributed by atoms with Crippen LogP contribution in [0.5, 0.6) is 0 Å². The van der Waals surface area contributed by atoms with Crippen molar-refractivity contribution in [3.8, 4) is 0 Å². The van der Waals surface area contributed by atoms with Gasteiger partial charge >= 0.3 is 0 Å². The highest BCUT2D eigenvalue weighted by Gasteiger charge is 2.26. The summed E-state index contributed by atoms with van der Waals surface area (Å²) in [6, 6.07) is 1.49. The molecule has 0 radical (unpaired) electrons. The fourth-order valence-electron chi connectivity index (χ4n) is 2.66. The van der Waals surface area contributed by atoms with Gasteiger partial charge in [-0.15, -0.1) is 11.3 Å². The van der Waals surface area contributed by atoms with Gasteiger partial charge in [0.25, 0.3) is 12.3 Å². The van der Waals surface area contributed by atoms with E-state index in [2.05, 4.69) is 21.9 Å². The summed E-state index contributed by atoms with van der Waals surface area (Å²) in [5.74, 6) is -0.249. The Hall–Kier alpha value is -2.03. The van der Waals surface area contributed by atoms with E-state index in [4.69, 9.17) is 0 Å². The molecule has 1 amide bonds. The number of piperazine rings is 1. The first-order valence-corrected chi connectivity index (χ1v) is 8.69. The molecule has 2 aromatic rings. The minimum Gasteiger partial charge on any atom is -0.345 e. The second kappa shape index (κ2) is 7.25. The Morgan fingerprint density at radius 2 is 2.08 bits per heavy atom. The molecule has 0 unspecified atom stereocenters. The van der Waals surface area contributed by atoms with Crippen molar-refractivity contribution >= 4 is 22.4 Å². The van der Waals surface area contributed by atoms with E-state index in [9.17, 15) is 13.6 Å². The van der Waals surface area contributed by atoms with Crippen LogP contribution in [-0.2, 0) is 13.0 Å². The van der Waals surface area contributed by atoms with Crippen LogP contribution in [0.2, 0.25) is 0 Å². The van der Waals surface area contributed by atoms with E-state index in [-0.39, 0.29) is 11.6 Å². The van der Waals surface area contributed by atoms with E-state index in [1.807, 2.05) is 6.20 Å². The number of carbonyl (C=O) groups is 1. The smallest absolute Gasteiger partial charge is 0.272 e. The number of halogens is 2. The Morgan fingerprint density at radius 3 is 2.71 bits per heavy atom. The molecule has 0 spiro atoms. The van der Waals surface area contributed by atoms with E-state index < -0.39 is 13.0 Å². The number of anilines is 1. The van der Waals surface area contributed by atoms with Gasteiger partial charge in [0.1, 0.15) is 12.2 Å². The maximum absolute atomic E-state index is 12.6. The van der Waals surface area contributed by atoms with Crippen LogP contribution in [0.3, 0.4) is 0 Å². The topological polar surface area (TPSA) is 54.3 Å². The van der Waals surface area contributed by atoms with Crippen molar-refractivity contribution in [1.82, 2.24) is 19.7 Å². The normalized spacial score (nSPS) is 15.3. The molecule has 6 nitrogen and oxygen atoms in total. The summed E-state index contributed by atoms with van der Waals surface area (Å²) in [5.41, 5.74) is 0.214. The number of aryl methyl sites for hydroxylation is 1. The molecule has 0 aromatic carbocycles. The Kier molecular flexibility index (Phi) is 5.08. The minimum atomic E-state index is -2.54. The van der Waals surface area contributed by atoms with E-state index in [0.717, 1.165) is 16.2 Å². The Balaban J connectivity index is 1.62. The van der Waals surface area contributed by atoms with E-state index in [1.54, 1.807) is 16.2 Å². The molecular formula is C15H19F2N5OS. The second-order valence-corrected chi connectivity index (χ2v) is 6.63. The van der Waals surface area contributed by atoms with E-state index in [0.29, 0.717) is 26.2 Å². The highest BCUT2D eigenvalue weighted by Crippen LogP contribution is 2.24. The SMILES string of the molecule is CCc1cnc(N2CCN(C(=O)c3ccnn3CC(F)F)CC2)s1. The van der Waals surface area contributed by atoms with Gasteiger partial charge in [-0.25, -0.2) is 13.8 Å². The minimum absolute atomic E-state index is 0.214. The molecule has 0 N–H and O–H groups in total. The van der Waals surface area contributed by atoms with Crippen LogP contribution in [0.25, 0.3) is 0 Å². The van der Waals surface area contributed by atoms with Gasteiger partial charge in [0.2, 0.25) is 0 Å². The number of thiazole rings is 1. The third-order valence-electron chi connectivity index (χ3n) is 3.97. The summed E-state index contributed by atoms with van der Waals surface area (Å²) in [6.45, 7) is 3.99. The quantitative estimate of drug-likeness (QED) is 0.825. The maximum Gasteiger partial charge on any atom is 0.272 e. The number of hydrogen-bond acceptors (Lipinski definition) is 5. The van der Waals surface area contributed by atoms with Crippen molar-refractivity contribution in [3.05, 3.63) is 29.0 Å². The average Bonchev–Trinajstić information content (AvgIpc) is 3.23. The van der Waals surface area contributed by atoms with Crippen LogP contribution in [0.15, 0.2) is 18.5 Å². The lowest BCUT2D eigenvalue weighted by Gasteiger charge is -2.34. The summed E-state index contributed by atoms with van der Waals surface area (Å²) in [5, 5.41) is 4.79. The predicted molar refractivity (Wildman–Crippen MR) is 87.8 cm³/mol. The highest BCUT2D eigenvalue weighted by atomic mass is 32.1. The van der Waals surface area contributed by atoms with Gasteiger partial charge in [0, 0.05) is 43.4 Å². The molecule has 0 bridgehead atoms. The maximum atomic E-state index is 12.6. The first-order valence-electron chi connectivity index (χ1n) is 7.87. The highest BCUT2D eigenvalue weighted by molar-refractivity contribution is 7.15. The summed E-state index contributed by atoms with van der Waals surface area (Å²) in [6.07, 6.45) is 1.70. The third-order valence-corrected chi connectivity index (χ3v) is 5.18. The van der Waals surface area contributed by atoms with Crippen LogP contribution in [0, 0.1) is 0 Å². The second-order valence-electron chi connectivity index (χ2n) is 5.53. The Bertz CT molecular complexity index is 694. The van der Waals surface area contributed by atoms with Gasteiger partial charge in [-0.2, -0.15) is 5.10 Å². The molecule has 9 heteroatoms. The molecule has 0 aliphatic carbocycles. The first kappa shape index (κ1) is 16.8. The molecule has 0 saturated carbocycles. The summed E-state index contributed by atoms with van der Waals surface area (Å²) in [7, 11) is 0. The van der Waals surface area contributed by atoms with Crippen LogP contribution in [0.1, 0.15) is 22.3 Å². The summed E-state index contributed by atoms with van der Waals surface area (Å²) < 4.78 is 26.2. The Labute approximate surface area is 142 Å². The van der Waals surface area contributed by atoms with Crippen molar-refractivity contribution in [2.75, 3.05) is 31.1 Å². The molecule has 0 atom stereocenters. The lowest BCUT2D eigenvalue weighted by Crippen LogP contribution is -2.49. The van der Waals surface area contributed by atoms with Gasteiger partial charge in [0.15, 0.2) is 5.13 Å². The zero-order chi connectivity index (χ0) is 17.1. The lowest BCUT2D eigenvalue weighted by atomic mass is 10.3. The van der Waals surface area contributed by atoms with Gasteiger partial charge < -0.3 is 9.80 Å². The molecule has 130 valence electrons. The average molecular weight is 355 g/mol. The third kappa shape index (κ3) is 3.55. The largest absolute Gasteiger partial charge is 0.345 e. The van der Waals surface area contributed by atoms with Gasteiger partial charge in [-0.3, -0.25) is 9.48 Å². The number of alkyl halides is 2. The van der Waals surface area contributed by atoms with Crippen molar-refractivity contribution in [1.29, 1.82) is 0 Å². The number of carbonyl (C=O) groups excluding carboxylic acids is 1. The molecule has 3 rings (SSSR count). The number of hydrogen-bond donors (Lipinski definition) is 0. The molecule has 3 heterocycles. The molecule has 1 aliphatic heterocycles. The number of aromatic nitrogens is 3. The van der Waals surface area contributed by atoms with E-state index in [1.165, 1.54) is 17.1 Å². The summed E-state index contributed by atoms with van der Waals surface area (Å²) in [4.78, 5) is 22.0. The van der Waals surface area contributed by atoms with Crippen molar-refractivity contribution in [2.45, 2.75) is 26.3 Å². The fourth-order valence-corrected chi connectivity index (χ4v) is 3.56. The number of rotatable bonds is 5. The molecule has 1 fully saturated rings. The van der Waals surface area contributed by atoms with Crippen LogP contribution in [-0.4, -0.2) is 58.2 Å². The number of amides is 1. The Morgan fingerprint density at radius 1 is 1.33 bits per heavy atom. The molecule has 2 aromatic heterocycles. The van der Waals surface area contributed by atoms with E-state index >= 15 is 0 Å². The monoisotopic (exact) mass is 355 g/mol. The standard InChI is InChI=1S/C15H19F2N5OS/c1-2-11-9-18-15(24-11)21-7-5-20(6-8-21)14(23)12-3-4-19-22(12)10-13(16)17/h3-4,9,13H,2,5-8,10H2,1H3. The molecule has 1 aliphatic rings. The van der Waals surface area contributed by atoms with Gasteiger partial charge in [-0.1, -0.05) is 6.92 Å². The summed E-state index contributed by atoms with van der Waals surface area (Å²) >= 11 is 1.67. The zero-order valence-corrected chi connectivity index (χ0v) is 14.2. The molecule has 1 saturated heterocycles. The fraction of sp³-hybridized carbons (Fsp3) is 0.533. The first-order chi connectivity index (χ1) is 11.6. The predicted octanol–water partition coefficient (Wildman–Crippen LogP) is 2.13. The molecule has 24 heavy (non-hydrogen) atoms. The van der Waals surface area contributed by atoms with Crippen molar-refractivity contribution in [2.24, 2.45) is 0 Å². The van der Waals surface area contributed by atoms with Gasteiger partial charge in [0.05, 0.1) is 0 Å². The molecular weight excluding hydrogens is 336 g/mol. The van der Waals surface area contributed by atoms with Crippen molar-refractivity contribution in [3.63, 3.8) is 0 Å². The zero-order valence-electron chi connectivity index (χ0n) is 13.4. The lowest BCUT2D eigenvalue weighted by molar-refractivity contribution is 0.0721.